The first-order chi connectivity index (χ1) is 12.9. The average molecular weight is 387 g/mol. The molecule has 0 aliphatic carbocycles. The number of carbonyl (C=O) groups excluding carboxylic acids is 1. The lowest BCUT2D eigenvalue weighted by Gasteiger charge is -2.22. The second-order valence-corrected chi connectivity index (χ2v) is 7.74. The van der Waals surface area contributed by atoms with Gasteiger partial charge in [0.05, 0.1) is 23.6 Å². The fourth-order valence-corrected chi connectivity index (χ4v) is 3.41. The van der Waals surface area contributed by atoms with Crippen LogP contribution in [0.2, 0.25) is 0 Å². The first kappa shape index (κ1) is 18.5. The summed E-state index contributed by atoms with van der Waals surface area (Å²) in [5.41, 5.74) is 1.17. The van der Waals surface area contributed by atoms with Gasteiger partial charge in [-0.15, -0.1) is 0 Å². The first-order valence-electron chi connectivity index (χ1n) is 8.04. The smallest absolute Gasteiger partial charge is 0.245 e. The Balaban J connectivity index is 1.76. The zero-order valence-electron chi connectivity index (χ0n) is 14.5. The predicted octanol–water partition coefficient (Wildman–Crippen LogP) is 1.73. The average Bonchev–Trinajstić information content (AvgIpc) is 2.65. The summed E-state index contributed by atoms with van der Waals surface area (Å²) in [6.45, 7) is 0.483. The second kappa shape index (κ2) is 7.55. The largest absolute Gasteiger partial charge is 0.486 e. The molecule has 9 heteroatoms. The van der Waals surface area contributed by atoms with Crippen molar-refractivity contribution in [3.05, 3.63) is 48.0 Å². The molecule has 1 heterocycles. The second-order valence-electron chi connectivity index (χ2n) is 5.83. The number of nitriles is 1. The van der Waals surface area contributed by atoms with Crippen molar-refractivity contribution < 1.29 is 22.7 Å². The van der Waals surface area contributed by atoms with Gasteiger partial charge < -0.3 is 14.8 Å². The highest BCUT2D eigenvalue weighted by molar-refractivity contribution is 7.92. The van der Waals surface area contributed by atoms with Crippen molar-refractivity contribution in [3.63, 3.8) is 0 Å². The molecule has 1 aliphatic heterocycles. The number of carbonyl (C=O) groups is 1. The molecule has 2 aromatic carbocycles. The molecule has 27 heavy (non-hydrogen) atoms. The van der Waals surface area contributed by atoms with E-state index in [9.17, 15) is 13.2 Å². The summed E-state index contributed by atoms with van der Waals surface area (Å²) in [5, 5.41) is 11.5. The number of ether oxygens (including phenoxy) is 2. The molecule has 0 spiro atoms. The minimum atomic E-state index is -3.69. The van der Waals surface area contributed by atoms with Gasteiger partial charge in [0.25, 0.3) is 0 Å². The Bertz CT molecular complexity index is 997. The van der Waals surface area contributed by atoms with Gasteiger partial charge in [-0.05, 0) is 36.4 Å². The van der Waals surface area contributed by atoms with Gasteiger partial charge in [0.1, 0.15) is 19.8 Å². The molecule has 0 aromatic heterocycles. The molecule has 0 unspecified atom stereocenters. The zero-order chi connectivity index (χ0) is 19.4. The van der Waals surface area contributed by atoms with Gasteiger partial charge in [-0.3, -0.25) is 9.10 Å². The minimum Gasteiger partial charge on any atom is -0.486 e. The number of sulfonamides is 1. The Morgan fingerprint density at radius 3 is 2.44 bits per heavy atom. The number of benzene rings is 2. The van der Waals surface area contributed by atoms with Crippen LogP contribution in [0.5, 0.6) is 11.5 Å². The van der Waals surface area contributed by atoms with E-state index in [0.717, 1.165) is 10.6 Å². The van der Waals surface area contributed by atoms with Crippen molar-refractivity contribution in [2.75, 3.05) is 35.6 Å². The number of hydrogen-bond donors (Lipinski definition) is 1. The molecule has 0 atom stereocenters. The van der Waals surface area contributed by atoms with Crippen LogP contribution >= 0.6 is 0 Å². The number of hydrogen-bond acceptors (Lipinski definition) is 6. The van der Waals surface area contributed by atoms with Crippen molar-refractivity contribution in [2.24, 2.45) is 0 Å². The van der Waals surface area contributed by atoms with Crippen LogP contribution in [0.15, 0.2) is 42.5 Å². The summed E-state index contributed by atoms with van der Waals surface area (Å²) >= 11 is 0. The molecule has 8 nitrogen and oxygen atoms in total. The molecular weight excluding hydrogens is 370 g/mol. The maximum absolute atomic E-state index is 12.4. The van der Waals surface area contributed by atoms with Gasteiger partial charge in [0.2, 0.25) is 15.9 Å². The molecule has 0 saturated carbocycles. The lowest BCUT2D eigenvalue weighted by atomic mass is 10.2. The van der Waals surface area contributed by atoms with Crippen LogP contribution in [-0.2, 0) is 14.8 Å². The van der Waals surface area contributed by atoms with Gasteiger partial charge in [0, 0.05) is 11.8 Å². The third-order valence-corrected chi connectivity index (χ3v) is 4.94. The molecule has 0 fully saturated rings. The van der Waals surface area contributed by atoms with E-state index in [1.165, 1.54) is 24.3 Å². The molecule has 1 aliphatic rings. The Hall–Kier alpha value is -3.25. The van der Waals surface area contributed by atoms with E-state index < -0.39 is 22.5 Å². The van der Waals surface area contributed by atoms with Crippen LogP contribution in [0.3, 0.4) is 0 Å². The lowest BCUT2D eigenvalue weighted by Crippen LogP contribution is -2.37. The summed E-state index contributed by atoms with van der Waals surface area (Å²) in [6, 6.07) is 12.9. The number of anilines is 2. The van der Waals surface area contributed by atoms with Crippen LogP contribution in [0, 0.1) is 11.3 Å². The van der Waals surface area contributed by atoms with E-state index in [0.29, 0.717) is 41.7 Å². The third kappa shape index (κ3) is 4.48. The number of fused-ring (bicyclic) bond motifs is 1. The summed E-state index contributed by atoms with van der Waals surface area (Å²) in [5.74, 6) is 0.599. The summed E-state index contributed by atoms with van der Waals surface area (Å²) < 4.78 is 36.1. The van der Waals surface area contributed by atoms with Crippen molar-refractivity contribution in [1.82, 2.24) is 0 Å². The van der Waals surface area contributed by atoms with E-state index >= 15 is 0 Å². The fraction of sp³-hybridized carbons (Fsp3) is 0.222. The van der Waals surface area contributed by atoms with E-state index in [-0.39, 0.29) is 0 Å². The molecule has 3 rings (SSSR count). The maximum Gasteiger partial charge on any atom is 0.245 e. The minimum absolute atomic E-state index is 0.300. The van der Waals surface area contributed by atoms with E-state index in [4.69, 9.17) is 14.7 Å². The molecular formula is C18H17N3O5S. The van der Waals surface area contributed by atoms with Crippen LogP contribution in [-0.4, -0.2) is 40.3 Å². The molecule has 0 saturated heterocycles. The summed E-state index contributed by atoms with van der Waals surface area (Å²) in [6.07, 6.45) is 1.02. The highest BCUT2D eigenvalue weighted by atomic mass is 32.2. The normalized spacial score (nSPS) is 12.7. The Labute approximate surface area is 157 Å². The number of rotatable bonds is 5. The van der Waals surface area contributed by atoms with Gasteiger partial charge in [-0.2, -0.15) is 5.26 Å². The third-order valence-electron chi connectivity index (χ3n) is 3.80. The van der Waals surface area contributed by atoms with E-state index in [2.05, 4.69) is 5.32 Å². The number of nitrogens with one attached hydrogen (secondary N) is 1. The van der Waals surface area contributed by atoms with Crippen molar-refractivity contribution in [1.29, 1.82) is 5.26 Å². The lowest BCUT2D eigenvalue weighted by molar-refractivity contribution is -0.114. The highest BCUT2D eigenvalue weighted by Gasteiger charge is 2.21. The van der Waals surface area contributed by atoms with Crippen LogP contribution < -0.4 is 19.1 Å². The highest BCUT2D eigenvalue weighted by Crippen LogP contribution is 2.32. The molecule has 1 amide bonds. The van der Waals surface area contributed by atoms with E-state index in [1.54, 1.807) is 18.2 Å². The van der Waals surface area contributed by atoms with E-state index in [1.807, 2.05) is 6.07 Å². The Kier molecular flexibility index (Phi) is 5.19. The molecule has 2 aromatic rings. The number of nitrogens with zero attached hydrogens (tertiary/aromatic N) is 2. The Morgan fingerprint density at radius 2 is 1.81 bits per heavy atom. The number of amides is 1. The van der Waals surface area contributed by atoms with Gasteiger partial charge >= 0.3 is 0 Å². The topological polar surface area (TPSA) is 109 Å². The van der Waals surface area contributed by atoms with Gasteiger partial charge in [-0.1, -0.05) is 0 Å². The monoisotopic (exact) mass is 387 g/mol. The van der Waals surface area contributed by atoms with Crippen LogP contribution in [0.25, 0.3) is 0 Å². The van der Waals surface area contributed by atoms with Crippen molar-refractivity contribution >= 4 is 27.3 Å². The SMILES string of the molecule is CS(=O)(=O)N(CC(=O)Nc1ccc2c(c1)OCCO2)c1ccc(C#N)cc1. The van der Waals surface area contributed by atoms with Crippen molar-refractivity contribution in [3.8, 4) is 17.6 Å². The zero-order valence-corrected chi connectivity index (χ0v) is 15.3. The summed E-state index contributed by atoms with van der Waals surface area (Å²) in [7, 11) is -3.69. The molecule has 1 N–H and O–H groups in total. The van der Waals surface area contributed by atoms with Crippen LogP contribution in [0.4, 0.5) is 11.4 Å². The standard InChI is InChI=1S/C18H17N3O5S/c1-27(23,24)21(15-5-2-13(11-19)3-6-15)12-18(22)20-14-4-7-16-17(10-14)26-9-8-25-16/h2-7,10H,8-9,12H2,1H3,(H,20,22). The predicted molar refractivity (Wildman–Crippen MR) is 99.4 cm³/mol. The molecule has 0 bridgehead atoms. The Morgan fingerprint density at radius 1 is 1.15 bits per heavy atom. The maximum atomic E-state index is 12.4. The van der Waals surface area contributed by atoms with Crippen LogP contribution in [0.1, 0.15) is 5.56 Å². The van der Waals surface area contributed by atoms with Gasteiger partial charge in [0.15, 0.2) is 11.5 Å². The quantitative estimate of drug-likeness (QED) is 0.837. The first-order valence-corrected chi connectivity index (χ1v) is 9.89. The molecule has 0 radical (unpaired) electrons. The molecule has 140 valence electrons. The summed E-state index contributed by atoms with van der Waals surface area (Å²) in [4.78, 5) is 12.4. The van der Waals surface area contributed by atoms with Crippen molar-refractivity contribution in [2.45, 2.75) is 0 Å². The fourth-order valence-electron chi connectivity index (χ4n) is 2.55. The van der Waals surface area contributed by atoms with Gasteiger partial charge in [-0.25, -0.2) is 8.42 Å².